The zero-order chi connectivity index (χ0) is 23.7. The minimum absolute atomic E-state index is 0.0230. The van der Waals surface area contributed by atoms with Crippen molar-refractivity contribution in [3.8, 4) is 0 Å². The largest absolute Gasteiger partial charge is 0.416 e. The van der Waals surface area contributed by atoms with E-state index in [0.717, 1.165) is 0 Å². The van der Waals surface area contributed by atoms with E-state index in [2.05, 4.69) is 0 Å². The van der Waals surface area contributed by atoms with Gasteiger partial charge in [-0.2, -0.15) is 26.3 Å². The minimum Gasteiger partial charge on any atom is -0.407 e. The van der Waals surface area contributed by atoms with Crippen molar-refractivity contribution in [3.05, 3.63) is 65.2 Å². The number of carbonyl (C=O) groups is 2. The number of rotatable bonds is 4. The van der Waals surface area contributed by atoms with Crippen LogP contribution < -0.4 is 10.2 Å². The van der Waals surface area contributed by atoms with Crippen LogP contribution in [0.2, 0.25) is 0 Å². The maximum absolute atomic E-state index is 12.9. The summed E-state index contributed by atoms with van der Waals surface area (Å²) in [6.07, 6.45) is -11.7. The molecule has 1 aliphatic heterocycles. The molecule has 1 heterocycles. The summed E-state index contributed by atoms with van der Waals surface area (Å²) in [7, 11) is 0. The summed E-state index contributed by atoms with van der Waals surface area (Å²) in [6.45, 7) is -0.742. The van der Waals surface area contributed by atoms with Crippen LogP contribution in [0.15, 0.2) is 48.5 Å². The van der Waals surface area contributed by atoms with Gasteiger partial charge in [-0.15, -0.1) is 0 Å². The lowest BCUT2D eigenvalue weighted by Gasteiger charge is -2.22. The van der Waals surface area contributed by atoms with E-state index in [1.807, 2.05) is 5.32 Å². The molecule has 2 aromatic rings. The molecular formula is C20H16F6N2O4. The van der Waals surface area contributed by atoms with Crippen LogP contribution in [-0.4, -0.2) is 29.4 Å². The summed E-state index contributed by atoms with van der Waals surface area (Å²) in [5.74, 6) is -3.46. The third-order valence-electron chi connectivity index (χ3n) is 4.67. The highest BCUT2D eigenvalue weighted by Crippen LogP contribution is 2.36. The molecule has 2 aromatic carbocycles. The molecule has 2 amide bonds. The van der Waals surface area contributed by atoms with E-state index in [1.54, 1.807) is 30.3 Å². The second kappa shape index (κ2) is 8.34. The van der Waals surface area contributed by atoms with Gasteiger partial charge < -0.3 is 20.1 Å². The summed E-state index contributed by atoms with van der Waals surface area (Å²) in [4.78, 5) is 25.7. The van der Waals surface area contributed by atoms with Gasteiger partial charge in [0.05, 0.1) is 11.1 Å². The van der Waals surface area contributed by atoms with Gasteiger partial charge in [0.15, 0.2) is 0 Å². The van der Waals surface area contributed by atoms with E-state index in [-0.39, 0.29) is 19.0 Å². The van der Waals surface area contributed by atoms with Gasteiger partial charge >= 0.3 is 18.4 Å². The average molecular weight is 462 g/mol. The van der Waals surface area contributed by atoms with Gasteiger partial charge in [0.2, 0.25) is 0 Å². The van der Waals surface area contributed by atoms with Gasteiger partial charge in [-0.25, -0.2) is 4.79 Å². The van der Waals surface area contributed by atoms with Crippen LogP contribution >= 0.6 is 0 Å². The number of carbonyl (C=O) groups excluding carboxylic acids is 2. The minimum atomic E-state index is -5.04. The number of halogens is 6. The van der Waals surface area contributed by atoms with Gasteiger partial charge in [-0.3, -0.25) is 4.79 Å². The third kappa shape index (κ3) is 5.13. The number of hydrogen-bond acceptors (Lipinski definition) is 4. The molecule has 1 unspecified atom stereocenters. The summed E-state index contributed by atoms with van der Waals surface area (Å²) in [6, 6.07) is 9.04. The second-order valence-electron chi connectivity index (χ2n) is 6.98. The monoisotopic (exact) mass is 462 g/mol. The highest BCUT2D eigenvalue weighted by molar-refractivity contribution is 6.01. The zero-order valence-corrected chi connectivity index (χ0v) is 16.1. The predicted molar refractivity (Wildman–Crippen MR) is 98.1 cm³/mol. The number of ether oxygens (including phenoxy) is 1. The van der Waals surface area contributed by atoms with E-state index in [1.165, 1.54) is 4.90 Å². The maximum Gasteiger partial charge on any atom is 0.416 e. The number of alkyl carbamates (subject to hydrolysis) is 1. The van der Waals surface area contributed by atoms with Crippen LogP contribution in [0.4, 0.5) is 36.8 Å². The fraction of sp³-hybridized carbons (Fsp3) is 0.300. The number of hydrogen-bond donors (Lipinski definition) is 2. The van der Waals surface area contributed by atoms with Crippen LogP contribution in [-0.2, 0) is 28.4 Å². The zero-order valence-electron chi connectivity index (χ0n) is 16.1. The molecule has 12 heteroatoms. The Kier molecular flexibility index (Phi) is 6.09. The molecule has 6 nitrogen and oxygen atoms in total. The summed E-state index contributed by atoms with van der Waals surface area (Å²) in [5.41, 5.74) is -3.14. The Morgan fingerprint density at radius 2 is 1.59 bits per heavy atom. The number of para-hydroxylation sites is 1. The molecule has 2 N–H and O–H groups in total. The van der Waals surface area contributed by atoms with Gasteiger partial charge in [-0.05, 0) is 35.9 Å². The van der Waals surface area contributed by atoms with Crippen molar-refractivity contribution in [2.45, 2.75) is 31.1 Å². The van der Waals surface area contributed by atoms with E-state index >= 15 is 0 Å². The first kappa shape index (κ1) is 23.4. The van der Waals surface area contributed by atoms with Gasteiger partial charge in [0.25, 0.3) is 11.7 Å². The van der Waals surface area contributed by atoms with E-state index in [9.17, 15) is 41.0 Å². The first-order valence-electron chi connectivity index (χ1n) is 9.14. The SMILES string of the molecule is O=C(NCc1cc(C(F)(F)F)cc(C(F)(F)F)c1)OC1(O)CCN(c2ccccc2)C1=O. The molecule has 0 saturated carbocycles. The van der Waals surface area contributed by atoms with E-state index < -0.39 is 53.4 Å². The van der Waals surface area contributed by atoms with Crippen molar-refractivity contribution in [1.82, 2.24) is 5.32 Å². The molecule has 0 aliphatic carbocycles. The smallest absolute Gasteiger partial charge is 0.407 e. The summed E-state index contributed by atoms with van der Waals surface area (Å²) >= 11 is 0. The summed E-state index contributed by atoms with van der Waals surface area (Å²) in [5, 5.41) is 12.3. The van der Waals surface area contributed by atoms with Crippen LogP contribution in [0.1, 0.15) is 23.1 Å². The standard InChI is InChI=1S/C20H16F6N2O4/c21-19(22,23)13-8-12(9-14(10-13)20(24,25)26)11-27-17(30)32-18(31)6-7-28(16(18)29)15-4-2-1-3-5-15/h1-5,8-10,31H,6-7,11H2,(H,27,30). The Balaban J connectivity index is 1.69. The van der Waals surface area contributed by atoms with Crippen molar-refractivity contribution < 1.29 is 45.8 Å². The van der Waals surface area contributed by atoms with E-state index in [0.29, 0.717) is 17.8 Å². The molecule has 3 rings (SSSR count). The molecule has 0 aromatic heterocycles. The van der Waals surface area contributed by atoms with Crippen molar-refractivity contribution in [2.75, 3.05) is 11.4 Å². The lowest BCUT2D eigenvalue weighted by atomic mass is 10.0. The normalized spacial score (nSPS) is 19.2. The maximum atomic E-state index is 12.9. The van der Waals surface area contributed by atoms with E-state index in [4.69, 9.17) is 4.74 Å². The Bertz CT molecular complexity index is 977. The molecule has 0 radical (unpaired) electrons. The van der Waals surface area contributed by atoms with Crippen LogP contribution in [0.3, 0.4) is 0 Å². The third-order valence-corrected chi connectivity index (χ3v) is 4.67. The highest BCUT2D eigenvalue weighted by Gasteiger charge is 2.49. The Morgan fingerprint density at radius 3 is 2.12 bits per heavy atom. The number of nitrogens with one attached hydrogen (secondary N) is 1. The fourth-order valence-corrected chi connectivity index (χ4v) is 3.12. The van der Waals surface area contributed by atoms with Gasteiger partial charge in [-0.1, -0.05) is 18.2 Å². The molecular weight excluding hydrogens is 446 g/mol. The topological polar surface area (TPSA) is 78.9 Å². The van der Waals surface area contributed by atoms with Gasteiger partial charge in [0.1, 0.15) is 0 Å². The molecule has 0 spiro atoms. The van der Waals surface area contributed by atoms with Crippen molar-refractivity contribution >= 4 is 17.7 Å². The van der Waals surface area contributed by atoms with Crippen molar-refractivity contribution in [3.63, 3.8) is 0 Å². The molecule has 1 saturated heterocycles. The van der Waals surface area contributed by atoms with Crippen molar-refractivity contribution in [1.29, 1.82) is 0 Å². The molecule has 0 bridgehead atoms. The Morgan fingerprint density at radius 1 is 1.03 bits per heavy atom. The number of alkyl halides is 6. The first-order valence-corrected chi connectivity index (χ1v) is 9.14. The molecule has 172 valence electrons. The number of benzene rings is 2. The van der Waals surface area contributed by atoms with Crippen LogP contribution in [0.25, 0.3) is 0 Å². The Hall–Kier alpha value is -3.28. The highest BCUT2D eigenvalue weighted by atomic mass is 19.4. The van der Waals surface area contributed by atoms with Gasteiger partial charge in [0, 0.05) is 25.2 Å². The molecule has 32 heavy (non-hydrogen) atoms. The number of aliphatic hydroxyl groups is 1. The van der Waals surface area contributed by atoms with Crippen LogP contribution in [0, 0.1) is 0 Å². The lowest BCUT2D eigenvalue weighted by molar-refractivity contribution is -0.175. The first-order chi connectivity index (χ1) is 14.8. The number of amides is 2. The quantitative estimate of drug-likeness (QED) is 0.531. The average Bonchev–Trinajstić information content (AvgIpc) is 3.00. The molecule has 1 aliphatic rings. The molecule has 1 fully saturated rings. The summed E-state index contributed by atoms with van der Waals surface area (Å²) < 4.78 is 82.3. The van der Waals surface area contributed by atoms with Crippen molar-refractivity contribution in [2.24, 2.45) is 0 Å². The number of anilines is 1. The van der Waals surface area contributed by atoms with Crippen LogP contribution in [0.5, 0.6) is 0 Å². The predicted octanol–water partition coefficient (Wildman–Crippen LogP) is 4.08. The number of nitrogens with zero attached hydrogens (tertiary/aromatic N) is 1. The fourth-order valence-electron chi connectivity index (χ4n) is 3.12. The Labute approximate surface area is 177 Å². The molecule has 1 atom stereocenters. The lowest BCUT2D eigenvalue weighted by Crippen LogP contribution is -2.46. The second-order valence-corrected chi connectivity index (χ2v) is 6.98.